The zero-order valence-corrected chi connectivity index (χ0v) is 18.0. The van der Waals surface area contributed by atoms with Crippen molar-refractivity contribution in [1.82, 2.24) is 5.32 Å². The van der Waals surface area contributed by atoms with Crippen molar-refractivity contribution in [2.75, 3.05) is 11.8 Å². The molecule has 8 heteroatoms. The van der Waals surface area contributed by atoms with E-state index in [-0.39, 0.29) is 22.7 Å². The van der Waals surface area contributed by atoms with Crippen LogP contribution in [0.5, 0.6) is 5.75 Å². The Hall–Kier alpha value is -3.26. The average Bonchev–Trinajstić information content (AvgIpc) is 3.30. The highest BCUT2D eigenvalue weighted by atomic mass is 32.2. The van der Waals surface area contributed by atoms with Crippen molar-refractivity contribution >= 4 is 21.6 Å². The van der Waals surface area contributed by atoms with E-state index in [1.807, 2.05) is 6.07 Å². The van der Waals surface area contributed by atoms with E-state index in [4.69, 9.17) is 9.15 Å². The van der Waals surface area contributed by atoms with Gasteiger partial charge in [-0.15, -0.1) is 0 Å². The normalized spacial score (nSPS) is 13.3. The van der Waals surface area contributed by atoms with Gasteiger partial charge in [-0.05, 0) is 73.2 Å². The van der Waals surface area contributed by atoms with Gasteiger partial charge in [0.05, 0.1) is 31.2 Å². The van der Waals surface area contributed by atoms with Gasteiger partial charge in [0.15, 0.2) is 0 Å². The number of rotatable bonds is 7. The molecule has 1 amide bonds. The number of hydrogen-bond donors (Lipinski definition) is 2. The van der Waals surface area contributed by atoms with E-state index in [1.54, 1.807) is 42.5 Å². The fraction of sp³-hybridized carbons (Fsp3) is 0.261. The minimum atomic E-state index is -3.98. The molecule has 1 aliphatic rings. The Morgan fingerprint density at radius 3 is 2.52 bits per heavy atom. The third kappa shape index (κ3) is 4.59. The quantitative estimate of drug-likeness (QED) is 0.581. The minimum absolute atomic E-state index is 0.0708. The maximum atomic E-state index is 13.2. The van der Waals surface area contributed by atoms with Crippen molar-refractivity contribution in [2.45, 2.75) is 37.1 Å². The number of benzene rings is 2. The van der Waals surface area contributed by atoms with Gasteiger partial charge in [0.2, 0.25) is 0 Å². The van der Waals surface area contributed by atoms with Crippen LogP contribution in [0.2, 0.25) is 0 Å². The fourth-order valence-corrected chi connectivity index (χ4v) is 5.04. The molecular weight excluding hydrogens is 416 g/mol. The molecular formula is C23H24N2O5S. The van der Waals surface area contributed by atoms with Crippen LogP contribution in [0.25, 0.3) is 0 Å². The van der Waals surface area contributed by atoms with Crippen LogP contribution < -0.4 is 14.8 Å². The molecule has 1 aromatic heterocycles. The molecule has 0 fully saturated rings. The van der Waals surface area contributed by atoms with Crippen LogP contribution in [0.15, 0.2) is 64.1 Å². The first-order valence-electron chi connectivity index (χ1n) is 10.1. The van der Waals surface area contributed by atoms with Crippen molar-refractivity contribution in [3.63, 3.8) is 0 Å². The fourth-order valence-electron chi connectivity index (χ4n) is 3.76. The molecule has 7 nitrogen and oxygen atoms in total. The van der Waals surface area contributed by atoms with E-state index in [0.717, 1.165) is 36.8 Å². The number of carbonyl (C=O) groups is 1. The summed E-state index contributed by atoms with van der Waals surface area (Å²) in [5.74, 6) is 0.491. The first-order chi connectivity index (χ1) is 15.0. The number of amides is 1. The van der Waals surface area contributed by atoms with Crippen LogP contribution in [0, 0.1) is 0 Å². The number of nitrogens with one attached hydrogen (secondary N) is 2. The topological polar surface area (TPSA) is 97.6 Å². The summed E-state index contributed by atoms with van der Waals surface area (Å²) in [6.45, 7) is 0.200. The largest absolute Gasteiger partial charge is 0.495 e. The number of fused-ring (bicyclic) bond motifs is 1. The molecule has 0 saturated heterocycles. The number of para-hydroxylation sites is 1. The van der Waals surface area contributed by atoms with Crippen LogP contribution in [0.3, 0.4) is 0 Å². The highest BCUT2D eigenvalue weighted by Gasteiger charge is 2.25. The summed E-state index contributed by atoms with van der Waals surface area (Å²) in [5, 5.41) is 2.74. The highest BCUT2D eigenvalue weighted by Crippen LogP contribution is 2.33. The van der Waals surface area contributed by atoms with Gasteiger partial charge in [0.1, 0.15) is 16.4 Å². The van der Waals surface area contributed by atoms with Gasteiger partial charge < -0.3 is 14.5 Å². The maximum Gasteiger partial charge on any atom is 0.265 e. The van der Waals surface area contributed by atoms with E-state index in [0.29, 0.717) is 11.5 Å². The molecule has 0 radical (unpaired) electrons. The Labute approximate surface area is 181 Å². The van der Waals surface area contributed by atoms with E-state index >= 15 is 0 Å². The molecule has 0 aliphatic heterocycles. The summed E-state index contributed by atoms with van der Waals surface area (Å²) >= 11 is 0. The molecule has 2 N–H and O–H groups in total. The lowest BCUT2D eigenvalue weighted by atomic mass is 9.92. The van der Waals surface area contributed by atoms with Crippen molar-refractivity contribution in [2.24, 2.45) is 0 Å². The predicted molar refractivity (Wildman–Crippen MR) is 117 cm³/mol. The Balaban J connectivity index is 1.61. The van der Waals surface area contributed by atoms with Crippen molar-refractivity contribution in [3.05, 3.63) is 77.2 Å². The lowest BCUT2D eigenvalue weighted by Gasteiger charge is -2.20. The molecule has 0 bridgehead atoms. The number of furan rings is 1. The number of hydrogen-bond acceptors (Lipinski definition) is 5. The number of ether oxygens (including phenoxy) is 1. The second-order valence-corrected chi connectivity index (χ2v) is 9.04. The summed E-state index contributed by atoms with van der Waals surface area (Å²) in [7, 11) is -2.52. The molecule has 0 spiro atoms. The maximum absolute atomic E-state index is 13.2. The number of aryl methyl sites for hydroxylation is 2. The molecule has 0 atom stereocenters. The SMILES string of the molecule is COc1cc2c(cc1S(=O)(=O)Nc1ccccc1C(=O)NCc1ccco1)CCCC2. The lowest BCUT2D eigenvalue weighted by Crippen LogP contribution is -2.25. The first kappa shape index (κ1) is 21.0. The van der Waals surface area contributed by atoms with Gasteiger partial charge in [-0.1, -0.05) is 12.1 Å². The Morgan fingerprint density at radius 2 is 1.81 bits per heavy atom. The summed E-state index contributed by atoms with van der Waals surface area (Å²) in [6, 6.07) is 13.5. The zero-order chi connectivity index (χ0) is 21.8. The minimum Gasteiger partial charge on any atom is -0.495 e. The van der Waals surface area contributed by atoms with Gasteiger partial charge in [0.25, 0.3) is 15.9 Å². The molecule has 1 heterocycles. The second-order valence-electron chi connectivity index (χ2n) is 7.39. The Bertz CT molecular complexity index is 1190. The van der Waals surface area contributed by atoms with Crippen LogP contribution >= 0.6 is 0 Å². The molecule has 3 aromatic rings. The molecule has 0 unspecified atom stereocenters. The smallest absolute Gasteiger partial charge is 0.265 e. The lowest BCUT2D eigenvalue weighted by molar-refractivity contribution is 0.0949. The van der Waals surface area contributed by atoms with Gasteiger partial charge >= 0.3 is 0 Å². The van der Waals surface area contributed by atoms with Crippen LogP contribution in [-0.4, -0.2) is 21.4 Å². The highest BCUT2D eigenvalue weighted by molar-refractivity contribution is 7.92. The second kappa shape index (κ2) is 8.85. The Morgan fingerprint density at radius 1 is 1.06 bits per heavy atom. The van der Waals surface area contributed by atoms with E-state index in [9.17, 15) is 13.2 Å². The van der Waals surface area contributed by atoms with E-state index in [1.165, 1.54) is 13.4 Å². The zero-order valence-electron chi connectivity index (χ0n) is 17.2. The molecule has 1 aliphatic carbocycles. The summed E-state index contributed by atoms with van der Waals surface area (Å²) in [6.07, 6.45) is 5.40. The van der Waals surface area contributed by atoms with Gasteiger partial charge in [-0.2, -0.15) is 0 Å². The third-order valence-corrected chi connectivity index (χ3v) is 6.72. The Kier molecular flexibility index (Phi) is 5.99. The average molecular weight is 441 g/mol. The van der Waals surface area contributed by atoms with Crippen molar-refractivity contribution in [3.8, 4) is 5.75 Å². The monoisotopic (exact) mass is 440 g/mol. The van der Waals surface area contributed by atoms with E-state index < -0.39 is 15.9 Å². The molecule has 162 valence electrons. The van der Waals surface area contributed by atoms with Gasteiger partial charge in [-0.3, -0.25) is 9.52 Å². The molecule has 31 heavy (non-hydrogen) atoms. The molecule has 4 rings (SSSR count). The first-order valence-corrected chi connectivity index (χ1v) is 11.6. The third-order valence-electron chi connectivity index (χ3n) is 5.34. The van der Waals surface area contributed by atoms with Crippen LogP contribution in [-0.2, 0) is 29.4 Å². The molecule has 2 aromatic carbocycles. The number of anilines is 1. The number of methoxy groups -OCH3 is 1. The predicted octanol–water partition coefficient (Wildman–Crippen LogP) is 3.90. The summed E-state index contributed by atoms with van der Waals surface area (Å²) < 4.78 is 39.7. The number of sulfonamides is 1. The van der Waals surface area contributed by atoms with Crippen molar-refractivity contribution < 1.29 is 22.4 Å². The molecule has 0 saturated carbocycles. The number of carbonyl (C=O) groups excluding carboxylic acids is 1. The standard InChI is InChI=1S/C23H24N2O5S/c1-29-21-13-16-7-2-3-8-17(16)14-22(21)31(27,28)25-20-11-5-4-10-19(20)23(26)24-15-18-9-6-12-30-18/h4-6,9-14,25H,2-3,7-8,15H2,1H3,(H,24,26). The van der Waals surface area contributed by atoms with Crippen LogP contribution in [0.4, 0.5) is 5.69 Å². The summed E-state index contributed by atoms with van der Waals surface area (Å²) in [5.41, 5.74) is 2.56. The summed E-state index contributed by atoms with van der Waals surface area (Å²) in [4.78, 5) is 12.8. The van der Waals surface area contributed by atoms with Crippen LogP contribution in [0.1, 0.15) is 40.1 Å². The van der Waals surface area contributed by atoms with Crippen molar-refractivity contribution in [1.29, 1.82) is 0 Å². The van der Waals surface area contributed by atoms with Gasteiger partial charge in [-0.25, -0.2) is 8.42 Å². The van der Waals surface area contributed by atoms with E-state index in [2.05, 4.69) is 10.0 Å². The van der Waals surface area contributed by atoms with Gasteiger partial charge in [0, 0.05) is 0 Å².